The number of carbonyl (C=O) groups excluding carboxylic acids is 1. The first kappa shape index (κ1) is 17.9. The SMILES string of the molecule is CCCCC(=O)N=c1sc2cc(C)cc(C)c2n1CCOCC. The minimum absolute atomic E-state index is 0.0297. The monoisotopic (exact) mass is 334 g/mol. The fourth-order valence-corrected chi connectivity index (χ4v) is 3.92. The summed E-state index contributed by atoms with van der Waals surface area (Å²) in [5.41, 5.74) is 3.62. The highest BCUT2D eigenvalue weighted by Gasteiger charge is 2.11. The maximum Gasteiger partial charge on any atom is 0.248 e. The van der Waals surface area contributed by atoms with Crippen LogP contribution in [0.25, 0.3) is 10.2 Å². The fourth-order valence-electron chi connectivity index (χ4n) is 2.68. The minimum atomic E-state index is -0.0297. The number of amides is 1. The summed E-state index contributed by atoms with van der Waals surface area (Å²) in [4.78, 5) is 17.2. The van der Waals surface area contributed by atoms with Crippen molar-refractivity contribution in [3.63, 3.8) is 0 Å². The van der Waals surface area contributed by atoms with Gasteiger partial charge < -0.3 is 9.30 Å². The lowest BCUT2D eigenvalue weighted by molar-refractivity contribution is -0.118. The Balaban J connectivity index is 2.49. The first-order valence-electron chi connectivity index (χ1n) is 8.32. The van der Waals surface area contributed by atoms with Crippen molar-refractivity contribution in [2.75, 3.05) is 13.2 Å². The van der Waals surface area contributed by atoms with Gasteiger partial charge in [0.15, 0.2) is 4.80 Å². The van der Waals surface area contributed by atoms with E-state index >= 15 is 0 Å². The van der Waals surface area contributed by atoms with Crippen LogP contribution in [-0.2, 0) is 16.1 Å². The van der Waals surface area contributed by atoms with Crippen LogP contribution in [0.5, 0.6) is 0 Å². The highest BCUT2D eigenvalue weighted by molar-refractivity contribution is 7.16. The third kappa shape index (κ3) is 4.52. The minimum Gasteiger partial charge on any atom is -0.380 e. The Hall–Kier alpha value is -1.46. The van der Waals surface area contributed by atoms with Crippen LogP contribution in [0.15, 0.2) is 17.1 Å². The number of rotatable bonds is 7. The highest BCUT2D eigenvalue weighted by Crippen LogP contribution is 2.23. The summed E-state index contributed by atoms with van der Waals surface area (Å²) in [6.45, 7) is 10.3. The number of benzene rings is 1. The van der Waals surface area contributed by atoms with Crippen LogP contribution in [0.4, 0.5) is 0 Å². The first-order chi connectivity index (χ1) is 11.1. The molecular weight excluding hydrogens is 308 g/mol. The van der Waals surface area contributed by atoms with Crippen molar-refractivity contribution < 1.29 is 9.53 Å². The van der Waals surface area contributed by atoms with Crippen molar-refractivity contribution in [1.29, 1.82) is 0 Å². The fraction of sp³-hybridized carbons (Fsp3) is 0.556. The summed E-state index contributed by atoms with van der Waals surface area (Å²) in [5, 5.41) is 0. The Labute approximate surface area is 141 Å². The van der Waals surface area contributed by atoms with E-state index in [0.29, 0.717) is 19.6 Å². The van der Waals surface area contributed by atoms with Crippen molar-refractivity contribution in [2.45, 2.75) is 53.5 Å². The Kier molecular flexibility index (Phi) is 6.54. The molecule has 0 aliphatic carbocycles. The van der Waals surface area contributed by atoms with Crippen molar-refractivity contribution in [3.05, 3.63) is 28.1 Å². The van der Waals surface area contributed by atoms with Gasteiger partial charge in [-0.05, 0) is 44.4 Å². The molecule has 0 unspecified atom stereocenters. The number of thiazole rings is 1. The Morgan fingerprint density at radius 2 is 2.09 bits per heavy atom. The average molecular weight is 334 g/mol. The van der Waals surface area contributed by atoms with E-state index < -0.39 is 0 Å². The van der Waals surface area contributed by atoms with Crippen molar-refractivity contribution in [3.8, 4) is 0 Å². The van der Waals surface area contributed by atoms with Gasteiger partial charge in [0.1, 0.15) is 0 Å². The smallest absolute Gasteiger partial charge is 0.248 e. The van der Waals surface area contributed by atoms with E-state index in [-0.39, 0.29) is 5.91 Å². The van der Waals surface area contributed by atoms with E-state index in [9.17, 15) is 4.79 Å². The number of fused-ring (bicyclic) bond motifs is 1. The molecule has 0 N–H and O–H groups in total. The molecule has 0 spiro atoms. The standard InChI is InChI=1S/C18H26N2O2S/c1-5-7-8-16(21)19-18-20(9-10-22-6-2)17-14(4)11-13(3)12-15(17)23-18/h11-12H,5-10H2,1-4H3. The predicted octanol–water partition coefficient (Wildman–Crippen LogP) is 3.97. The van der Waals surface area contributed by atoms with Gasteiger partial charge in [0, 0.05) is 19.6 Å². The third-order valence-electron chi connectivity index (χ3n) is 3.74. The molecule has 1 heterocycles. The van der Waals surface area contributed by atoms with E-state index in [1.54, 1.807) is 11.3 Å². The summed E-state index contributed by atoms with van der Waals surface area (Å²) in [5.74, 6) is -0.0297. The number of aromatic nitrogens is 1. The number of hydrogen-bond acceptors (Lipinski definition) is 3. The van der Waals surface area contributed by atoms with Gasteiger partial charge in [-0.15, -0.1) is 0 Å². The maximum atomic E-state index is 12.1. The molecule has 0 bridgehead atoms. The summed E-state index contributed by atoms with van der Waals surface area (Å²) < 4.78 is 8.82. The zero-order chi connectivity index (χ0) is 16.8. The zero-order valence-electron chi connectivity index (χ0n) is 14.5. The van der Waals surface area contributed by atoms with Gasteiger partial charge in [-0.3, -0.25) is 4.79 Å². The number of aryl methyl sites for hydroxylation is 2. The maximum absolute atomic E-state index is 12.1. The van der Waals surface area contributed by atoms with Crippen molar-refractivity contribution in [2.24, 2.45) is 4.99 Å². The van der Waals surface area contributed by atoms with Crippen LogP contribution < -0.4 is 4.80 Å². The first-order valence-corrected chi connectivity index (χ1v) is 9.14. The molecule has 2 aromatic rings. The summed E-state index contributed by atoms with van der Waals surface area (Å²) in [6.07, 6.45) is 2.43. The second-order valence-corrected chi connectivity index (χ2v) is 6.78. The van der Waals surface area contributed by atoms with Crippen LogP contribution in [0, 0.1) is 13.8 Å². The van der Waals surface area contributed by atoms with Crippen molar-refractivity contribution in [1.82, 2.24) is 4.57 Å². The Bertz CT molecular complexity index is 743. The lowest BCUT2D eigenvalue weighted by atomic mass is 10.1. The number of unbranched alkanes of at least 4 members (excludes halogenated alkanes) is 1. The molecule has 1 aromatic heterocycles. The van der Waals surface area contributed by atoms with Gasteiger partial charge in [-0.2, -0.15) is 4.99 Å². The molecule has 126 valence electrons. The molecule has 1 amide bonds. The molecule has 0 atom stereocenters. The summed E-state index contributed by atoms with van der Waals surface area (Å²) in [6, 6.07) is 4.34. The zero-order valence-corrected chi connectivity index (χ0v) is 15.3. The average Bonchev–Trinajstić information content (AvgIpc) is 2.83. The van der Waals surface area contributed by atoms with Crippen molar-refractivity contribution >= 4 is 27.5 Å². The van der Waals surface area contributed by atoms with E-state index in [1.807, 2.05) is 6.92 Å². The predicted molar refractivity (Wildman–Crippen MR) is 95.9 cm³/mol. The lowest BCUT2D eigenvalue weighted by Gasteiger charge is -2.08. The second-order valence-electron chi connectivity index (χ2n) is 5.77. The molecule has 5 heteroatoms. The molecular formula is C18H26N2O2S. The number of ether oxygens (including phenoxy) is 1. The van der Waals surface area contributed by atoms with Crippen LogP contribution in [0.1, 0.15) is 44.2 Å². The number of nitrogens with zero attached hydrogens (tertiary/aromatic N) is 2. The van der Waals surface area contributed by atoms with Gasteiger partial charge in [0.25, 0.3) is 0 Å². The molecule has 0 radical (unpaired) electrons. The molecule has 4 nitrogen and oxygen atoms in total. The van der Waals surface area contributed by atoms with Crippen LogP contribution in [0.2, 0.25) is 0 Å². The van der Waals surface area contributed by atoms with Crippen LogP contribution in [0.3, 0.4) is 0 Å². The van der Waals surface area contributed by atoms with E-state index in [1.165, 1.54) is 21.3 Å². The Morgan fingerprint density at radius 3 is 2.78 bits per heavy atom. The number of carbonyl (C=O) groups is 1. The second kappa shape index (κ2) is 8.41. The summed E-state index contributed by atoms with van der Waals surface area (Å²) >= 11 is 1.59. The molecule has 2 rings (SSSR count). The molecule has 23 heavy (non-hydrogen) atoms. The molecule has 1 aromatic carbocycles. The van der Waals surface area contributed by atoms with Gasteiger partial charge in [-0.25, -0.2) is 0 Å². The van der Waals surface area contributed by atoms with E-state index in [0.717, 1.165) is 24.2 Å². The van der Waals surface area contributed by atoms with Crippen LogP contribution >= 0.6 is 11.3 Å². The van der Waals surface area contributed by atoms with Gasteiger partial charge in [0.2, 0.25) is 5.91 Å². The quantitative estimate of drug-likeness (QED) is 0.719. The normalized spacial score (nSPS) is 12.3. The molecule has 0 saturated heterocycles. The third-order valence-corrected chi connectivity index (χ3v) is 4.77. The molecule has 0 aliphatic rings. The topological polar surface area (TPSA) is 43.6 Å². The lowest BCUT2D eigenvalue weighted by Crippen LogP contribution is -2.20. The Morgan fingerprint density at radius 1 is 1.30 bits per heavy atom. The largest absolute Gasteiger partial charge is 0.380 e. The van der Waals surface area contributed by atoms with E-state index in [2.05, 4.69) is 42.5 Å². The molecule has 0 aliphatic heterocycles. The highest BCUT2D eigenvalue weighted by atomic mass is 32.1. The van der Waals surface area contributed by atoms with Crippen LogP contribution in [-0.4, -0.2) is 23.7 Å². The van der Waals surface area contributed by atoms with Gasteiger partial charge in [-0.1, -0.05) is 30.7 Å². The van der Waals surface area contributed by atoms with Gasteiger partial charge >= 0.3 is 0 Å². The van der Waals surface area contributed by atoms with E-state index in [4.69, 9.17) is 4.74 Å². The molecule has 0 fully saturated rings. The van der Waals surface area contributed by atoms with Gasteiger partial charge in [0.05, 0.1) is 16.8 Å². The number of hydrogen-bond donors (Lipinski definition) is 0. The summed E-state index contributed by atoms with van der Waals surface area (Å²) in [7, 11) is 0. The molecule has 0 saturated carbocycles.